The first-order valence-electron chi connectivity index (χ1n) is 6.72. The van der Waals surface area contributed by atoms with E-state index in [0.717, 1.165) is 39.1 Å². The summed E-state index contributed by atoms with van der Waals surface area (Å²) in [5.41, 5.74) is 7.48. The minimum absolute atomic E-state index is 0.295. The summed E-state index contributed by atoms with van der Waals surface area (Å²) < 4.78 is 0. The Kier molecular flexibility index (Phi) is 4.27. The normalized spacial score (nSPS) is 16.6. The molecular weight excluding hydrogens is 242 g/mol. The molecule has 1 aromatic carbocycles. The zero-order chi connectivity index (χ0) is 13.8. The van der Waals surface area contributed by atoms with Crippen LogP contribution in [0.25, 0.3) is 0 Å². The van der Waals surface area contributed by atoms with Gasteiger partial charge in [0.15, 0.2) is 0 Å². The number of benzene rings is 1. The van der Waals surface area contributed by atoms with Gasteiger partial charge in [0, 0.05) is 26.2 Å². The molecule has 0 spiro atoms. The van der Waals surface area contributed by atoms with Crippen molar-refractivity contribution in [2.45, 2.75) is 13.3 Å². The van der Waals surface area contributed by atoms with Crippen molar-refractivity contribution in [1.29, 1.82) is 0 Å². The number of nitrogens with two attached hydrogens (primary N) is 1. The molecule has 1 heterocycles. The molecule has 0 unspecified atom stereocenters. The number of piperazine rings is 1. The number of hydrogen-bond acceptors (Lipinski definition) is 4. The van der Waals surface area contributed by atoms with Gasteiger partial charge in [-0.1, -0.05) is 13.0 Å². The predicted octanol–water partition coefficient (Wildman–Crippen LogP) is 1.50. The van der Waals surface area contributed by atoms with Gasteiger partial charge in [0.25, 0.3) is 0 Å². The summed E-state index contributed by atoms with van der Waals surface area (Å²) in [6.07, 6.45) is 1.15. The van der Waals surface area contributed by atoms with Crippen LogP contribution in [0.2, 0.25) is 0 Å². The second-order valence-corrected chi connectivity index (χ2v) is 4.88. The molecule has 0 radical (unpaired) electrons. The monoisotopic (exact) mass is 263 g/mol. The van der Waals surface area contributed by atoms with E-state index in [9.17, 15) is 9.90 Å². The van der Waals surface area contributed by atoms with E-state index in [-0.39, 0.29) is 0 Å². The number of hydrogen-bond donors (Lipinski definition) is 2. The lowest BCUT2D eigenvalue weighted by Gasteiger charge is -2.37. The lowest BCUT2D eigenvalue weighted by atomic mass is 10.1. The SMILES string of the molecule is CCCN1CCN(c2c(N)cccc2C(=O)O)CC1. The quantitative estimate of drug-likeness (QED) is 0.806. The van der Waals surface area contributed by atoms with E-state index in [1.54, 1.807) is 18.2 Å². The lowest BCUT2D eigenvalue weighted by Crippen LogP contribution is -2.47. The highest BCUT2D eigenvalue weighted by Crippen LogP contribution is 2.28. The van der Waals surface area contributed by atoms with Crippen LogP contribution in [-0.2, 0) is 0 Å². The van der Waals surface area contributed by atoms with Crippen molar-refractivity contribution in [3.63, 3.8) is 0 Å². The third-order valence-electron chi connectivity index (χ3n) is 3.53. The minimum atomic E-state index is -0.918. The summed E-state index contributed by atoms with van der Waals surface area (Å²) in [6.45, 7) is 6.85. The fourth-order valence-electron chi connectivity index (χ4n) is 2.60. The molecule has 1 saturated heterocycles. The molecule has 0 bridgehead atoms. The van der Waals surface area contributed by atoms with E-state index >= 15 is 0 Å². The summed E-state index contributed by atoms with van der Waals surface area (Å²) in [5, 5.41) is 9.26. The number of carboxylic acids is 1. The Bertz CT molecular complexity index is 454. The van der Waals surface area contributed by atoms with Crippen LogP contribution in [0.15, 0.2) is 18.2 Å². The van der Waals surface area contributed by atoms with Crippen LogP contribution in [0.1, 0.15) is 23.7 Å². The molecule has 104 valence electrons. The van der Waals surface area contributed by atoms with E-state index in [1.165, 1.54) is 0 Å². The van der Waals surface area contributed by atoms with Gasteiger partial charge < -0.3 is 15.7 Å². The minimum Gasteiger partial charge on any atom is -0.478 e. The molecule has 3 N–H and O–H groups in total. The summed E-state index contributed by atoms with van der Waals surface area (Å²) in [6, 6.07) is 5.07. The van der Waals surface area contributed by atoms with Crippen LogP contribution in [0.3, 0.4) is 0 Å². The molecule has 0 amide bonds. The predicted molar refractivity (Wildman–Crippen MR) is 76.8 cm³/mol. The Labute approximate surface area is 113 Å². The van der Waals surface area contributed by atoms with E-state index in [1.807, 2.05) is 0 Å². The Morgan fingerprint density at radius 3 is 2.58 bits per heavy atom. The zero-order valence-corrected chi connectivity index (χ0v) is 11.3. The molecule has 1 fully saturated rings. The smallest absolute Gasteiger partial charge is 0.337 e. The fourth-order valence-corrected chi connectivity index (χ4v) is 2.60. The molecule has 0 atom stereocenters. The number of carboxylic acid groups (broad SMARTS) is 1. The molecule has 1 aliphatic heterocycles. The first-order valence-corrected chi connectivity index (χ1v) is 6.72. The highest BCUT2D eigenvalue weighted by Gasteiger charge is 2.22. The van der Waals surface area contributed by atoms with E-state index in [0.29, 0.717) is 16.9 Å². The van der Waals surface area contributed by atoms with Gasteiger partial charge in [0.2, 0.25) is 0 Å². The number of para-hydroxylation sites is 1. The van der Waals surface area contributed by atoms with Crippen LogP contribution in [-0.4, -0.2) is 48.7 Å². The third-order valence-corrected chi connectivity index (χ3v) is 3.53. The van der Waals surface area contributed by atoms with E-state index in [4.69, 9.17) is 5.73 Å². The first-order chi connectivity index (χ1) is 9.13. The van der Waals surface area contributed by atoms with Gasteiger partial charge in [-0.15, -0.1) is 0 Å². The average molecular weight is 263 g/mol. The summed E-state index contributed by atoms with van der Waals surface area (Å²) in [5.74, 6) is -0.918. The van der Waals surface area contributed by atoms with Crippen LogP contribution >= 0.6 is 0 Å². The van der Waals surface area contributed by atoms with Crippen LogP contribution in [0.5, 0.6) is 0 Å². The molecule has 2 rings (SSSR count). The average Bonchev–Trinajstić information content (AvgIpc) is 2.40. The Balaban J connectivity index is 2.17. The highest BCUT2D eigenvalue weighted by atomic mass is 16.4. The fraction of sp³-hybridized carbons (Fsp3) is 0.500. The largest absolute Gasteiger partial charge is 0.478 e. The van der Waals surface area contributed by atoms with Crippen molar-refractivity contribution in [2.75, 3.05) is 43.4 Å². The molecule has 1 aromatic rings. The molecular formula is C14H21N3O2. The van der Waals surface area contributed by atoms with Crippen molar-refractivity contribution in [1.82, 2.24) is 4.90 Å². The van der Waals surface area contributed by atoms with Gasteiger partial charge in [-0.25, -0.2) is 4.79 Å². The molecule has 5 heteroatoms. The van der Waals surface area contributed by atoms with Crippen LogP contribution < -0.4 is 10.6 Å². The number of carbonyl (C=O) groups is 1. The number of anilines is 2. The third kappa shape index (κ3) is 2.98. The highest BCUT2D eigenvalue weighted by molar-refractivity contribution is 5.98. The second kappa shape index (κ2) is 5.93. The van der Waals surface area contributed by atoms with Crippen LogP contribution in [0, 0.1) is 0 Å². The molecule has 0 aromatic heterocycles. The number of nitrogens with zero attached hydrogens (tertiary/aromatic N) is 2. The van der Waals surface area contributed by atoms with Crippen molar-refractivity contribution in [2.24, 2.45) is 0 Å². The number of aromatic carboxylic acids is 1. The Hall–Kier alpha value is -1.75. The van der Waals surface area contributed by atoms with Crippen LogP contribution in [0.4, 0.5) is 11.4 Å². The van der Waals surface area contributed by atoms with Gasteiger partial charge in [-0.05, 0) is 25.1 Å². The lowest BCUT2D eigenvalue weighted by molar-refractivity contribution is 0.0697. The summed E-state index contributed by atoms with van der Waals surface area (Å²) in [7, 11) is 0. The molecule has 1 aliphatic rings. The maximum Gasteiger partial charge on any atom is 0.337 e. The summed E-state index contributed by atoms with van der Waals surface area (Å²) >= 11 is 0. The standard InChI is InChI=1S/C14H21N3O2/c1-2-6-16-7-9-17(10-8-16)13-11(14(18)19)4-3-5-12(13)15/h3-5H,2,6-10,15H2,1H3,(H,18,19). The van der Waals surface area contributed by atoms with Crippen molar-refractivity contribution >= 4 is 17.3 Å². The maximum atomic E-state index is 11.3. The van der Waals surface area contributed by atoms with Crippen molar-refractivity contribution in [3.8, 4) is 0 Å². The molecule has 19 heavy (non-hydrogen) atoms. The topological polar surface area (TPSA) is 69.8 Å². The van der Waals surface area contributed by atoms with Gasteiger partial charge in [-0.2, -0.15) is 0 Å². The van der Waals surface area contributed by atoms with E-state index < -0.39 is 5.97 Å². The Morgan fingerprint density at radius 2 is 2.00 bits per heavy atom. The van der Waals surface area contributed by atoms with Gasteiger partial charge >= 0.3 is 5.97 Å². The first kappa shape index (κ1) is 13.7. The molecule has 5 nitrogen and oxygen atoms in total. The second-order valence-electron chi connectivity index (χ2n) is 4.88. The number of nitrogen functional groups attached to an aromatic ring is 1. The molecule has 0 aliphatic carbocycles. The van der Waals surface area contributed by atoms with Gasteiger partial charge in [0.05, 0.1) is 16.9 Å². The molecule has 0 saturated carbocycles. The Morgan fingerprint density at radius 1 is 1.32 bits per heavy atom. The van der Waals surface area contributed by atoms with Crippen molar-refractivity contribution in [3.05, 3.63) is 23.8 Å². The van der Waals surface area contributed by atoms with Gasteiger partial charge in [0.1, 0.15) is 0 Å². The van der Waals surface area contributed by atoms with Gasteiger partial charge in [-0.3, -0.25) is 4.90 Å². The maximum absolute atomic E-state index is 11.3. The summed E-state index contributed by atoms with van der Waals surface area (Å²) in [4.78, 5) is 15.8. The zero-order valence-electron chi connectivity index (χ0n) is 11.3. The number of rotatable bonds is 4. The van der Waals surface area contributed by atoms with Crippen molar-refractivity contribution < 1.29 is 9.90 Å². The van der Waals surface area contributed by atoms with E-state index in [2.05, 4.69) is 16.7 Å².